The molecule has 0 aliphatic carbocycles. The third-order valence-corrected chi connectivity index (χ3v) is 4.02. The first-order valence-corrected chi connectivity index (χ1v) is 6.64. The molecule has 17 heavy (non-hydrogen) atoms. The van der Waals surface area contributed by atoms with Crippen molar-refractivity contribution in [1.29, 1.82) is 0 Å². The molecule has 1 aliphatic heterocycles. The Balaban J connectivity index is 1.94. The summed E-state index contributed by atoms with van der Waals surface area (Å²) >= 11 is 3.63. The third-order valence-electron chi connectivity index (χ3n) is 3.30. The minimum Gasteiger partial charge on any atom is -0.378 e. The van der Waals surface area contributed by atoms with Crippen molar-refractivity contribution in [3.63, 3.8) is 0 Å². The van der Waals surface area contributed by atoms with Gasteiger partial charge in [-0.15, -0.1) is 0 Å². The van der Waals surface area contributed by atoms with E-state index >= 15 is 0 Å². The minimum absolute atomic E-state index is 0.391. The lowest BCUT2D eigenvalue weighted by atomic mass is 10.0. The maximum absolute atomic E-state index is 3.63. The quantitative estimate of drug-likeness (QED) is 0.816. The molecular formula is C15H14BrN. The molecule has 1 unspecified atom stereocenters. The van der Waals surface area contributed by atoms with Gasteiger partial charge in [0.05, 0.1) is 6.04 Å². The molecular weight excluding hydrogens is 274 g/mol. The summed E-state index contributed by atoms with van der Waals surface area (Å²) in [6.45, 7) is 2.13. The van der Waals surface area contributed by atoms with Gasteiger partial charge >= 0.3 is 0 Å². The molecule has 1 aliphatic rings. The summed E-state index contributed by atoms with van der Waals surface area (Å²) in [5.41, 5.74) is 5.34. The van der Waals surface area contributed by atoms with Gasteiger partial charge in [0.25, 0.3) is 0 Å². The average Bonchev–Trinajstić information content (AvgIpc) is 2.72. The molecule has 0 amide bonds. The molecule has 2 heteroatoms. The van der Waals surface area contributed by atoms with E-state index < -0.39 is 0 Å². The van der Waals surface area contributed by atoms with Crippen LogP contribution in [-0.4, -0.2) is 0 Å². The fourth-order valence-corrected chi connectivity index (χ4v) is 2.97. The number of rotatable bonds is 1. The fourth-order valence-electron chi connectivity index (χ4n) is 2.41. The lowest BCUT2D eigenvalue weighted by Gasteiger charge is -2.13. The highest BCUT2D eigenvalue weighted by Crippen LogP contribution is 2.37. The molecule has 0 spiro atoms. The highest BCUT2D eigenvalue weighted by Gasteiger charge is 2.23. The predicted molar refractivity (Wildman–Crippen MR) is 75.4 cm³/mol. The van der Waals surface area contributed by atoms with Crippen molar-refractivity contribution in [3.05, 3.63) is 63.6 Å². The zero-order valence-corrected chi connectivity index (χ0v) is 11.3. The summed E-state index contributed by atoms with van der Waals surface area (Å²) in [4.78, 5) is 0. The van der Waals surface area contributed by atoms with Crippen LogP contribution in [0.3, 0.4) is 0 Å². The molecule has 0 saturated carbocycles. The Morgan fingerprint density at radius 2 is 2.00 bits per heavy atom. The molecule has 1 atom stereocenters. The molecule has 0 saturated heterocycles. The average molecular weight is 288 g/mol. The number of halogens is 1. The van der Waals surface area contributed by atoms with Crippen molar-refractivity contribution in [2.75, 3.05) is 5.32 Å². The highest BCUT2D eigenvalue weighted by atomic mass is 79.9. The van der Waals surface area contributed by atoms with Crippen molar-refractivity contribution >= 4 is 21.6 Å². The summed E-state index contributed by atoms with van der Waals surface area (Å²) in [5, 5.41) is 3.60. The molecule has 0 aromatic heterocycles. The molecule has 0 fully saturated rings. The van der Waals surface area contributed by atoms with Crippen molar-refractivity contribution in [2.45, 2.75) is 19.4 Å². The largest absolute Gasteiger partial charge is 0.378 e. The molecule has 3 rings (SSSR count). The van der Waals surface area contributed by atoms with Gasteiger partial charge < -0.3 is 5.32 Å². The summed E-state index contributed by atoms with van der Waals surface area (Å²) in [5.74, 6) is 0. The van der Waals surface area contributed by atoms with E-state index in [1.54, 1.807) is 0 Å². The van der Waals surface area contributed by atoms with Gasteiger partial charge in [-0.2, -0.15) is 0 Å². The lowest BCUT2D eigenvalue weighted by molar-refractivity contribution is 0.819. The fraction of sp³-hybridized carbons (Fsp3) is 0.200. The second kappa shape index (κ2) is 4.19. The second-order valence-corrected chi connectivity index (χ2v) is 5.44. The summed E-state index contributed by atoms with van der Waals surface area (Å²) in [7, 11) is 0. The molecule has 86 valence electrons. The number of aryl methyl sites for hydroxylation is 1. The Hall–Kier alpha value is -1.28. The molecule has 0 radical (unpaired) electrons. The van der Waals surface area contributed by atoms with E-state index in [1.165, 1.54) is 26.9 Å². The normalized spacial score (nSPS) is 17.6. The van der Waals surface area contributed by atoms with Crippen LogP contribution < -0.4 is 5.32 Å². The smallest absolute Gasteiger partial charge is 0.0566 e. The van der Waals surface area contributed by atoms with E-state index in [2.05, 4.69) is 70.6 Å². The minimum atomic E-state index is 0.391. The van der Waals surface area contributed by atoms with Crippen LogP contribution in [0.2, 0.25) is 0 Å². The van der Waals surface area contributed by atoms with Crippen LogP contribution in [0.1, 0.15) is 22.7 Å². The van der Waals surface area contributed by atoms with E-state index in [0.29, 0.717) is 6.04 Å². The molecule has 1 N–H and O–H groups in total. The number of nitrogens with one attached hydrogen (secondary N) is 1. The summed E-state index contributed by atoms with van der Waals surface area (Å²) in [6.07, 6.45) is 1.07. The van der Waals surface area contributed by atoms with Gasteiger partial charge in [0.2, 0.25) is 0 Å². The van der Waals surface area contributed by atoms with Crippen LogP contribution in [0.25, 0.3) is 0 Å². The van der Waals surface area contributed by atoms with Crippen LogP contribution in [-0.2, 0) is 6.42 Å². The van der Waals surface area contributed by atoms with Crippen molar-refractivity contribution in [2.24, 2.45) is 0 Å². The highest BCUT2D eigenvalue weighted by molar-refractivity contribution is 9.10. The Labute approximate surface area is 110 Å². The summed E-state index contributed by atoms with van der Waals surface area (Å²) in [6, 6.07) is 15.5. The van der Waals surface area contributed by atoms with Gasteiger partial charge in [-0.25, -0.2) is 0 Å². The van der Waals surface area contributed by atoms with Gasteiger partial charge in [0, 0.05) is 10.2 Å². The van der Waals surface area contributed by atoms with E-state index in [1.807, 2.05) is 0 Å². The maximum atomic E-state index is 3.63. The van der Waals surface area contributed by atoms with Crippen LogP contribution in [0.5, 0.6) is 0 Å². The maximum Gasteiger partial charge on any atom is 0.0566 e. The van der Waals surface area contributed by atoms with Gasteiger partial charge in [-0.3, -0.25) is 0 Å². The molecule has 2 aromatic rings. The third kappa shape index (κ3) is 1.98. The molecule has 0 bridgehead atoms. The monoisotopic (exact) mass is 287 g/mol. The number of hydrogen-bond acceptors (Lipinski definition) is 1. The summed E-state index contributed by atoms with van der Waals surface area (Å²) < 4.78 is 1.18. The van der Waals surface area contributed by atoms with Crippen LogP contribution in [0.15, 0.2) is 46.9 Å². The molecule has 1 nitrogen and oxygen atoms in total. The predicted octanol–water partition coefficient (Wildman–Crippen LogP) is 4.47. The van der Waals surface area contributed by atoms with Crippen LogP contribution >= 0.6 is 15.9 Å². The SMILES string of the molecule is Cc1ccc2c(c1)NC(c1ccccc1Br)C2. The number of anilines is 1. The van der Waals surface area contributed by atoms with Crippen LogP contribution in [0, 0.1) is 6.92 Å². The number of benzene rings is 2. The number of fused-ring (bicyclic) bond motifs is 1. The zero-order chi connectivity index (χ0) is 11.8. The van der Waals surface area contributed by atoms with Gasteiger partial charge in [-0.05, 0) is 42.2 Å². The van der Waals surface area contributed by atoms with E-state index in [0.717, 1.165) is 6.42 Å². The van der Waals surface area contributed by atoms with Gasteiger partial charge in [0.1, 0.15) is 0 Å². The van der Waals surface area contributed by atoms with Crippen LogP contribution in [0.4, 0.5) is 5.69 Å². The zero-order valence-electron chi connectivity index (χ0n) is 9.70. The Bertz CT molecular complexity index is 563. The first-order valence-electron chi connectivity index (χ1n) is 5.84. The second-order valence-electron chi connectivity index (χ2n) is 4.58. The van der Waals surface area contributed by atoms with Gasteiger partial charge in [0.15, 0.2) is 0 Å². The van der Waals surface area contributed by atoms with Crippen molar-refractivity contribution in [1.82, 2.24) is 0 Å². The Kier molecular flexibility index (Phi) is 2.67. The number of hydrogen-bond donors (Lipinski definition) is 1. The lowest BCUT2D eigenvalue weighted by Crippen LogP contribution is -2.06. The topological polar surface area (TPSA) is 12.0 Å². The first-order chi connectivity index (χ1) is 8.24. The van der Waals surface area contributed by atoms with E-state index in [4.69, 9.17) is 0 Å². The Morgan fingerprint density at radius 3 is 2.82 bits per heavy atom. The van der Waals surface area contributed by atoms with Crippen molar-refractivity contribution < 1.29 is 0 Å². The standard InChI is InChI=1S/C15H14BrN/c1-10-6-7-11-9-15(17-14(11)8-10)12-4-2-3-5-13(12)16/h2-8,15,17H,9H2,1H3. The Morgan fingerprint density at radius 1 is 1.18 bits per heavy atom. The van der Waals surface area contributed by atoms with E-state index in [9.17, 15) is 0 Å². The molecule has 1 heterocycles. The first kappa shape index (κ1) is 10.8. The molecule has 2 aromatic carbocycles. The van der Waals surface area contributed by atoms with Gasteiger partial charge in [-0.1, -0.05) is 46.3 Å². The van der Waals surface area contributed by atoms with E-state index in [-0.39, 0.29) is 0 Å². The van der Waals surface area contributed by atoms with Crippen molar-refractivity contribution in [3.8, 4) is 0 Å².